The van der Waals surface area contributed by atoms with Crippen molar-refractivity contribution >= 4 is 51.0 Å². The van der Waals surface area contributed by atoms with Gasteiger partial charge in [0, 0.05) is 11.6 Å². The van der Waals surface area contributed by atoms with Gasteiger partial charge >= 0.3 is 0 Å². The Morgan fingerprint density at radius 2 is 1.73 bits per heavy atom. The summed E-state index contributed by atoms with van der Waals surface area (Å²) in [6, 6.07) is 15.0. The summed E-state index contributed by atoms with van der Waals surface area (Å²) in [5.41, 5.74) is 3.66. The molecule has 0 fully saturated rings. The highest BCUT2D eigenvalue weighted by Crippen LogP contribution is 2.25. The van der Waals surface area contributed by atoms with Crippen LogP contribution >= 0.6 is 11.6 Å². The molecule has 0 aliphatic carbocycles. The number of aryl methyl sites for hydroxylation is 1. The zero-order valence-electron chi connectivity index (χ0n) is 18.3. The van der Waals surface area contributed by atoms with Crippen molar-refractivity contribution in [3.8, 4) is 0 Å². The van der Waals surface area contributed by atoms with E-state index >= 15 is 0 Å². The average molecular weight is 459 g/mol. The van der Waals surface area contributed by atoms with Crippen LogP contribution in [-0.4, -0.2) is 30.4 Å². The molecule has 0 N–H and O–H groups in total. The van der Waals surface area contributed by atoms with Gasteiger partial charge in [-0.3, -0.25) is 9.36 Å². The molecule has 0 bridgehead atoms. The number of nitrogens with zero attached hydrogens (tertiary/aromatic N) is 6. The Morgan fingerprint density at radius 3 is 2.48 bits per heavy atom. The monoisotopic (exact) mass is 458 g/mol. The van der Waals surface area contributed by atoms with Gasteiger partial charge in [0.05, 0.1) is 23.6 Å². The highest BCUT2D eigenvalue weighted by Gasteiger charge is 2.19. The van der Waals surface area contributed by atoms with Crippen LogP contribution in [0.4, 0.5) is 0 Å². The first-order valence-electron chi connectivity index (χ1n) is 11.1. The van der Waals surface area contributed by atoms with E-state index < -0.39 is 0 Å². The first-order chi connectivity index (χ1) is 16.2. The van der Waals surface area contributed by atoms with E-state index in [1.165, 1.54) is 0 Å². The molecule has 5 rings (SSSR count). The molecule has 7 nitrogen and oxygen atoms in total. The Hall–Kier alpha value is -3.58. The van der Waals surface area contributed by atoms with E-state index in [2.05, 4.69) is 17.0 Å². The highest BCUT2D eigenvalue weighted by atomic mass is 35.5. The van der Waals surface area contributed by atoms with E-state index in [1.54, 1.807) is 33.9 Å². The fraction of sp³-hybridized carbons (Fsp3) is 0.240. The van der Waals surface area contributed by atoms with Crippen molar-refractivity contribution < 1.29 is 0 Å². The first-order valence-corrected chi connectivity index (χ1v) is 11.5. The molecule has 2 aromatic carbocycles. The minimum atomic E-state index is -0.119. The SMILES string of the molecule is CCCCCCn1cnc2c(c1=O)c1nc3ccccc3nc1n2/N=C\c1ccc(Cl)cc1. The summed E-state index contributed by atoms with van der Waals surface area (Å²) in [5, 5.41) is 5.72. The Bertz CT molecular complexity index is 1530. The summed E-state index contributed by atoms with van der Waals surface area (Å²) >= 11 is 5.99. The maximum absolute atomic E-state index is 13.4. The van der Waals surface area contributed by atoms with E-state index in [-0.39, 0.29) is 5.56 Å². The number of aromatic nitrogens is 5. The van der Waals surface area contributed by atoms with Crippen LogP contribution in [-0.2, 0) is 6.54 Å². The van der Waals surface area contributed by atoms with E-state index in [1.807, 2.05) is 36.4 Å². The molecular formula is C25H23ClN6O. The quantitative estimate of drug-likeness (QED) is 0.241. The zero-order chi connectivity index (χ0) is 22.8. The summed E-state index contributed by atoms with van der Waals surface area (Å²) in [5.74, 6) is 0. The van der Waals surface area contributed by atoms with Crippen molar-refractivity contribution in [1.82, 2.24) is 24.2 Å². The maximum Gasteiger partial charge on any atom is 0.265 e. The molecule has 0 amide bonds. The molecule has 0 saturated heterocycles. The minimum absolute atomic E-state index is 0.119. The van der Waals surface area contributed by atoms with Crippen molar-refractivity contribution in [2.45, 2.75) is 39.2 Å². The number of para-hydroxylation sites is 2. The van der Waals surface area contributed by atoms with Crippen molar-refractivity contribution in [2.75, 3.05) is 0 Å². The van der Waals surface area contributed by atoms with Crippen molar-refractivity contribution in [3.63, 3.8) is 0 Å². The maximum atomic E-state index is 13.4. The van der Waals surface area contributed by atoms with Gasteiger partial charge in [-0.25, -0.2) is 15.0 Å². The number of halogens is 1. The normalized spacial score (nSPS) is 11.9. The summed E-state index contributed by atoms with van der Waals surface area (Å²) in [7, 11) is 0. The molecule has 0 radical (unpaired) electrons. The molecule has 8 heteroatoms. The summed E-state index contributed by atoms with van der Waals surface area (Å²) in [6.07, 6.45) is 7.61. The molecule has 0 spiro atoms. The fourth-order valence-corrected chi connectivity index (χ4v) is 4.03. The van der Waals surface area contributed by atoms with Crippen LogP contribution in [0.3, 0.4) is 0 Å². The molecule has 0 aliphatic heterocycles. The van der Waals surface area contributed by atoms with Gasteiger partial charge in [-0.1, -0.05) is 62.1 Å². The number of hydrogen-bond acceptors (Lipinski definition) is 5. The van der Waals surface area contributed by atoms with Gasteiger partial charge in [-0.15, -0.1) is 0 Å². The Morgan fingerprint density at radius 1 is 0.970 bits per heavy atom. The van der Waals surface area contributed by atoms with Gasteiger partial charge in [0.1, 0.15) is 10.9 Å². The number of unbranched alkanes of at least 4 members (excludes halogenated alkanes) is 3. The Kier molecular flexibility index (Phi) is 5.88. The molecule has 166 valence electrons. The second-order valence-corrected chi connectivity index (χ2v) is 8.43. The second-order valence-electron chi connectivity index (χ2n) is 7.99. The molecular weight excluding hydrogens is 436 g/mol. The van der Waals surface area contributed by atoms with Crippen LogP contribution in [0.15, 0.2) is 64.8 Å². The third-order valence-electron chi connectivity index (χ3n) is 5.65. The third kappa shape index (κ3) is 4.12. The summed E-state index contributed by atoms with van der Waals surface area (Å²) in [6.45, 7) is 2.80. The van der Waals surface area contributed by atoms with E-state index in [9.17, 15) is 4.79 Å². The lowest BCUT2D eigenvalue weighted by Gasteiger charge is -2.05. The predicted octanol–water partition coefficient (Wildman–Crippen LogP) is 5.41. The average Bonchev–Trinajstić information content (AvgIpc) is 3.14. The molecule has 33 heavy (non-hydrogen) atoms. The van der Waals surface area contributed by atoms with Gasteiger partial charge in [-0.05, 0) is 36.2 Å². The molecule has 0 unspecified atom stereocenters. The highest BCUT2D eigenvalue weighted by molar-refractivity contribution is 6.30. The van der Waals surface area contributed by atoms with Crippen LogP contribution in [0.2, 0.25) is 5.02 Å². The van der Waals surface area contributed by atoms with Crippen LogP contribution in [0, 0.1) is 0 Å². The van der Waals surface area contributed by atoms with Gasteiger partial charge in [0.15, 0.2) is 11.3 Å². The number of benzene rings is 2. The first kappa shape index (κ1) is 21.3. The fourth-order valence-electron chi connectivity index (χ4n) is 3.91. The van der Waals surface area contributed by atoms with Crippen molar-refractivity contribution in [1.29, 1.82) is 0 Å². The lowest BCUT2D eigenvalue weighted by atomic mass is 10.2. The molecule has 5 aromatic rings. The number of fused-ring (bicyclic) bond motifs is 4. The van der Waals surface area contributed by atoms with Gasteiger partial charge in [0.2, 0.25) is 0 Å². The Labute approximate surface area is 195 Å². The lowest BCUT2D eigenvalue weighted by molar-refractivity contribution is 0.567. The van der Waals surface area contributed by atoms with Gasteiger partial charge in [0.25, 0.3) is 5.56 Å². The smallest absolute Gasteiger partial charge is 0.265 e. The van der Waals surface area contributed by atoms with E-state index in [0.717, 1.165) is 42.3 Å². The third-order valence-corrected chi connectivity index (χ3v) is 5.90. The number of rotatable bonds is 7. The van der Waals surface area contributed by atoms with Crippen LogP contribution in [0.25, 0.3) is 33.2 Å². The summed E-state index contributed by atoms with van der Waals surface area (Å²) in [4.78, 5) is 27.6. The molecule has 3 heterocycles. The topological polar surface area (TPSA) is 78.0 Å². The van der Waals surface area contributed by atoms with Crippen LogP contribution in [0.5, 0.6) is 0 Å². The van der Waals surface area contributed by atoms with Crippen LogP contribution < -0.4 is 5.56 Å². The predicted molar refractivity (Wildman–Crippen MR) is 133 cm³/mol. The van der Waals surface area contributed by atoms with Gasteiger partial charge in [-0.2, -0.15) is 9.78 Å². The van der Waals surface area contributed by atoms with E-state index in [4.69, 9.17) is 21.6 Å². The Balaban J connectivity index is 1.70. The van der Waals surface area contributed by atoms with Gasteiger partial charge < -0.3 is 0 Å². The standard InChI is InChI=1S/C25H23ClN6O/c1-2-3-4-7-14-31-16-27-23-21(25(31)33)22-24(30-20-9-6-5-8-19(20)29-22)32(23)28-15-17-10-12-18(26)13-11-17/h5-6,8-13,15-16H,2-4,7,14H2,1H3/b28-15-. The molecule has 0 saturated carbocycles. The summed E-state index contributed by atoms with van der Waals surface area (Å²) < 4.78 is 3.27. The van der Waals surface area contributed by atoms with Crippen molar-refractivity contribution in [2.24, 2.45) is 5.10 Å². The van der Waals surface area contributed by atoms with E-state index in [0.29, 0.717) is 33.8 Å². The molecule has 0 aliphatic rings. The zero-order valence-corrected chi connectivity index (χ0v) is 19.0. The molecule has 0 atom stereocenters. The molecule has 3 aromatic heterocycles. The second kappa shape index (κ2) is 9.11. The van der Waals surface area contributed by atoms with Crippen LogP contribution in [0.1, 0.15) is 38.2 Å². The number of hydrogen-bond donors (Lipinski definition) is 0. The minimum Gasteiger partial charge on any atom is -0.299 e. The largest absolute Gasteiger partial charge is 0.299 e. The van der Waals surface area contributed by atoms with Crippen molar-refractivity contribution in [3.05, 3.63) is 75.8 Å². The lowest BCUT2D eigenvalue weighted by Crippen LogP contribution is -2.20.